The number of methoxy groups -OCH3 is 1. The summed E-state index contributed by atoms with van der Waals surface area (Å²) in [7, 11) is 1.56. The molecule has 0 saturated heterocycles. The molecule has 0 atom stereocenters. The van der Waals surface area contributed by atoms with Gasteiger partial charge in [-0.25, -0.2) is 4.98 Å². The first-order chi connectivity index (χ1) is 12.2. The molecule has 128 valence electrons. The van der Waals surface area contributed by atoms with Gasteiger partial charge < -0.3 is 9.30 Å². The topological polar surface area (TPSA) is 86.1 Å². The van der Waals surface area contributed by atoms with Crippen LogP contribution in [-0.2, 0) is 11.3 Å². The number of amides is 1. The van der Waals surface area contributed by atoms with Crippen molar-refractivity contribution in [2.75, 3.05) is 19.0 Å². The van der Waals surface area contributed by atoms with Crippen molar-refractivity contribution in [2.24, 2.45) is 0 Å². The second-order valence-corrected chi connectivity index (χ2v) is 6.03. The van der Waals surface area contributed by atoms with Gasteiger partial charge in [0.25, 0.3) is 11.5 Å². The van der Waals surface area contributed by atoms with Gasteiger partial charge in [-0.15, -0.1) is 11.3 Å². The minimum Gasteiger partial charge on any atom is -0.383 e. The highest BCUT2D eigenvalue weighted by atomic mass is 32.1. The van der Waals surface area contributed by atoms with E-state index < -0.39 is 0 Å². The molecule has 0 unspecified atom stereocenters. The van der Waals surface area contributed by atoms with Crippen molar-refractivity contribution >= 4 is 22.4 Å². The zero-order valence-electron chi connectivity index (χ0n) is 13.5. The molecule has 0 aliphatic rings. The fourth-order valence-electron chi connectivity index (χ4n) is 2.18. The van der Waals surface area contributed by atoms with E-state index in [1.54, 1.807) is 19.5 Å². The Balaban J connectivity index is 1.74. The molecule has 0 radical (unpaired) electrons. The molecular formula is C17H16N4O3S. The zero-order valence-corrected chi connectivity index (χ0v) is 14.3. The van der Waals surface area contributed by atoms with Gasteiger partial charge in [-0.05, 0) is 18.2 Å². The first kappa shape index (κ1) is 17.0. The summed E-state index contributed by atoms with van der Waals surface area (Å²) in [5, 5.41) is 5.09. The second-order valence-electron chi connectivity index (χ2n) is 5.18. The summed E-state index contributed by atoms with van der Waals surface area (Å²) in [5.74, 6) is -0.321. The van der Waals surface area contributed by atoms with Crippen LogP contribution in [0.2, 0.25) is 0 Å². The quantitative estimate of drug-likeness (QED) is 0.732. The summed E-state index contributed by atoms with van der Waals surface area (Å²) in [6.07, 6.45) is 4.93. The van der Waals surface area contributed by atoms with Crippen molar-refractivity contribution in [1.82, 2.24) is 14.5 Å². The fourth-order valence-corrected chi connectivity index (χ4v) is 2.89. The largest absolute Gasteiger partial charge is 0.383 e. The van der Waals surface area contributed by atoms with E-state index in [9.17, 15) is 9.59 Å². The maximum Gasteiger partial charge on any atom is 0.258 e. The molecule has 3 heterocycles. The van der Waals surface area contributed by atoms with Crippen molar-refractivity contribution in [3.05, 3.63) is 64.2 Å². The highest BCUT2D eigenvalue weighted by Gasteiger charge is 2.11. The van der Waals surface area contributed by atoms with Crippen LogP contribution in [0.1, 0.15) is 10.4 Å². The molecule has 1 N–H and O–H groups in total. The molecule has 7 nitrogen and oxygen atoms in total. The summed E-state index contributed by atoms with van der Waals surface area (Å²) in [4.78, 5) is 32.6. The predicted molar refractivity (Wildman–Crippen MR) is 95.9 cm³/mol. The maximum absolute atomic E-state index is 12.4. The summed E-state index contributed by atoms with van der Waals surface area (Å²) in [5.41, 5.74) is 1.83. The molecule has 25 heavy (non-hydrogen) atoms. The van der Waals surface area contributed by atoms with Crippen LogP contribution in [-0.4, -0.2) is 34.2 Å². The highest BCUT2D eigenvalue weighted by Crippen LogP contribution is 2.24. The van der Waals surface area contributed by atoms with Crippen LogP contribution in [0.4, 0.5) is 5.13 Å². The molecule has 3 rings (SSSR count). The molecule has 0 bridgehead atoms. The normalized spacial score (nSPS) is 10.6. The monoisotopic (exact) mass is 356 g/mol. The van der Waals surface area contributed by atoms with Crippen LogP contribution >= 0.6 is 11.3 Å². The van der Waals surface area contributed by atoms with Gasteiger partial charge in [0, 0.05) is 49.3 Å². The SMILES string of the molecule is COCCn1cc(C(=O)Nc2nc(-c3cccnc3)cs2)ccc1=O. The molecule has 3 aromatic rings. The standard InChI is InChI=1S/C17H16N4O3S/c1-24-8-7-21-10-13(4-5-15(21)22)16(23)20-17-19-14(11-25-17)12-3-2-6-18-9-12/h2-6,9-11H,7-8H2,1H3,(H,19,20,23). The molecule has 0 aromatic carbocycles. The summed E-state index contributed by atoms with van der Waals surface area (Å²) < 4.78 is 6.41. The van der Waals surface area contributed by atoms with Gasteiger partial charge in [-0.2, -0.15) is 0 Å². The number of thiazole rings is 1. The van der Waals surface area contributed by atoms with Gasteiger partial charge in [-0.3, -0.25) is 19.9 Å². The lowest BCUT2D eigenvalue weighted by molar-refractivity contribution is 0.102. The van der Waals surface area contributed by atoms with Crippen molar-refractivity contribution in [3.8, 4) is 11.3 Å². The number of carbonyl (C=O) groups is 1. The summed E-state index contributed by atoms with van der Waals surface area (Å²) in [6.45, 7) is 0.783. The molecule has 0 spiro atoms. The number of nitrogens with zero attached hydrogens (tertiary/aromatic N) is 3. The van der Waals surface area contributed by atoms with E-state index in [4.69, 9.17) is 4.74 Å². The fraction of sp³-hybridized carbons (Fsp3) is 0.176. The number of hydrogen-bond acceptors (Lipinski definition) is 6. The van der Waals surface area contributed by atoms with Crippen LogP contribution in [0.3, 0.4) is 0 Å². The molecule has 8 heteroatoms. The number of nitrogens with one attached hydrogen (secondary N) is 1. The first-order valence-electron chi connectivity index (χ1n) is 7.54. The third-order valence-electron chi connectivity index (χ3n) is 3.46. The number of hydrogen-bond donors (Lipinski definition) is 1. The van der Waals surface area contributed by atoms with Gasteiger partial charge in [0.15, 0.2) is 5.13 Å². The number of carbonyl (C=O) groups excluding carboxylic acids is 1. The molecule has 3 aromatic heterocycles. The highest BCUT2D eigenvalue weighted by molar-refractivity contribution is 7.14. The minimum absolute atomic E-state index is 0.179. The van der Waals surface area contributed by atoms with Crippen LogP contribution in [0.5, 0.6) is 0 Å². The van der Waals surface area contributed by atoms with Crippen molar-refractivity contribution in [1.29, 1.82) is 0 Å². The van der Waals surface area contributed by atoms with Gasteiger partial charge in [0.2, 0.25) is 0 Å². The lowest BCUT2D eigenvalue weighted by Crippen LogP contribution is -2.23. The molecular weight excluding hydrogens is 340 g/mol. The van der Waals surface area contributed by atoms with Gasteiger partial charge in [0.1, 0.15) is 0 Å². The lowest BCUT2D eigenvalue weighted by Gasteiger charge is -2.07. The third kappa shape index (κ3) is 4.17. The summed E-state index contributed by atoms with van der Waals surface area (Å²) >= 11 is 1.33. The Bertz CT molecular complexity index is 921. The van der Waals surface area contributed by atoms with E-state index in [0.29, 0.717) is 23.8 Å². The van der Waals surface area contributed by atoms with Crippen molar-refractivity contribution in [3.63, 3.8) is 0 Å². The smallest absolute Gasteiger partial charge is 0.258 e. The average Bonchev–Trinajstić information content (AvgIpc) is 3.10. The van der Waals surface area contributed by atoms with Crippen LogP contribution in [0.15, 0.2) is 53.0 Å². The summed E-state index contributed by atoms with van der Waals surface area (Å²) in [6, 6.07) is 6.60. The Kier molecular flexibility index (Phi) is 5.32. The van der Waals surface area contributed by atoms with E-state index in [0.717, 1.165) is 11.3 Å². The Hall–Kier alpha value is -2.84. The Morgan fingerprint density at radius 3 is 3.00 bits per heavy atom. The molecule has 0 saturated carbocycles. The lowest BCUT2D eigenvalue weighted by atomic mass is 10.2. The molecule has 0 fully saturated rings. The number of aromatic nitrogens is 3. The molecule has 0 aliphatic heterocycles. The Morgan fingerprint density at radius 2 is 2.24 bits per heavy atom. The second kappa shape index (κ2) is 7.82. The van der Waals surface area contributed by atoms with Crippen LogP contribution in [0.25, 0.3) is 11.3 Å². The Labute approximate surface area is 148 Å². The van der Waals surface area contributed by atoms with Gasteiger partial charge >= 0.3 is 0 Å². The van der Waals surface area contributed by atoms with Crippen LogP contribution < -0.4 is 10.9 Å². The Morgan fingerprint density at radius 1 is 1.36 bits per heavy atom. The number of ether oxygens (including phenoxy) is 1. The number of pyridine rings is 2. The zero-order chi connectivity index (χ0) is 17.6. The molecule has 0 aliphatic carbocycles. The van der Waals surface area contributed by atoms with E-state index in [1.807, 2.05) is 17.5 Å². The van der Waals surface area contributed by atoms with Crippen LogP contribution in [0, 0.1) is 0 Å². The first-order valence-corrected chi connectivity index (χ1v) is 8.42. The van der Waals surface area contributed by atoms with E-state index in [2.05, 4.69) is 15.3 Å². The third-order valence-corrected chi connectivity index (χ3v) is 4.22. The van der Waals surface area contributed by atoms with Crippen molar-refractivity contribution < 1.29 is 9.53 Å². The predicted octanol–water partition coefficient (Wildman–Crippen LogP) is 2.27. The van der Waals surface area contributed by atoms with E-state index in [1.165, 1.54) is 34.2 Å². The number of anilines is 1. The number of rotatable bonds is 6. The van der Waals surface area contributed by atoms with Gasteiger partial charge in [-0.1, -0.05) is 0 Å². The van der Waals surface area contributed by atoms with Crippen molar-refractivity contribution in [2.45, 2.75) is 6.54 Å². The maximum atomic E-state index is 12.4. The van der Waals surface area contributed by atoms with Gasteiger partial charge in [0.05, 0.1) is 17.9 Å². The minimum atomic E-state index is -0.321. The van der Waals surface area contributed by atoms with E-state index in [-0.39, 0.29) is 11.5 Å². The average molecular weight is 356 g/mol. The van der Waals surface area contributed by atoms with E-state index >= 15 is 0 Å². The molecule has 1 amide bonds.